The van der Waals surface area contributed by atoms with E-state index >= 15 is 0 Å². The third kappa shape index (κ3) is 4.25. The summed E-state index contributed by atoms with van der Waals surface area (Å²) in [5.41, 5.74) is 0.410. The maximum atomic E-state index is 12.8. The van der Waals surface area contributed by atoms with Crippen molar-refractivity contribution in [1.82, 2.24) is 4.90 Å². The summed E-state index contributed by atoms with van der Waals surface area (Å²) in [5.74, 6) is -0.538. The summed E-state index contributed by atoms with van der Waals surface area (Å²) in [5, 5.41) is -0.173. The number of rotatable bonds is 2. The zero-order chi connectivity index (χ0) is 19.0. The number of carbonyl (C=O) groups excluding carboxylic acids is 2. The Morgan fingerprint density at radius 2 is 1.96 bits per heavy atom. The molecule has 0 aromatic heterocycles. The molecular weight excluding hydrogens is 460 g/mol. The van der Waals surface area contributed by atoms with Crippen LogP contribution in [0, 0.1) is 0 Å². The highest BCUT2D eigenvalue weighted by Crippen LogP contribution is 2.36. The molecule has 1 aromatic carbocycles. The second kappa shape index (κ2) is 8.14. The standard InChI is InChI=1S/C17H18BrClN2O3S2/c1-9-7-20(8-10(2)24-9)17(25)26-14-6-15(22)21(16(14)23)13-4-3-11(18)5-12(13)19/h3-5,9-10,14H,6-8H2,1-2H3/t9-,10+,14-/m1/s1. The fourth-order valence-electron chi connectivity index (χ4n) is 3.14. The second-order valence-corrected chi connectivity index (χ2v) is 9.56. The van der Waals surface area contributed by atoms with Gasteiger partial charge in [0, 0.05) is 24.0 Å². The van der Waals surface area contributed by atoms with Crippen molar-refractivity contribution < 1.29 is 14.3 Å². The lowest BCUT2D eigenvalue weighted by molar-refractivity contribution is -0.121. The third-order valence-electron chi connectivity index (χ3n) is 4.18. The smallest absolute Gasteiger partial charge is 0.247 e. The average molecular weight is 478 g/mol. The molecule has 140 valence electrons. The molecule has 0 aliphatic carbocycles. The lowest BCUT2D eigenvalue weighted by atomic mass is 10.2. The van der Waals surface area contributed by atoms with Crippen LogP contribution in [-0.2, 0) is 14.3 Å². The molecule has 2 aliphatic rings. The van der Waals surface area contributed by atoms with E-state index in [-0.39, 0.29) is 30.4 Å². The largest absolute Gasteiger partial charge is 0.372 e. The predicted octanol–water partition coefficient (Wildman–Crippen LogP) is 3.86. The van der Waals surface area contributed by atoms with Crippen molar-refractivity contribution in [2.24, 2.45) is 0 Å². The predicted molar refractivity (Wildman–Crippen MR) is 112 cm³/mol. The molecule has 5 nitrogen and oxygen atoms in total. The molecule has 3 rings (SSSR count). The maximum absolute atomic E-state index is 12.8. The number of ether oxygens (including phenoxy) is 1. The van der Waals surface area contributed by atoms with E-state index in [4.69, 9.17) is 28.6 Å². The van der Waals surface area contributed by atoms with Crippen LogP contribution in [0.5, 0.6) is 0 Å². The molecule has 0 spiro atoms. The first kappa shape index (κ1) is 20.1. The molecule has 2 amide bonds. The van der Waals surface area contributed by atoms with Crippen LogP contribution in [0.15, 0.2) is 22.7 Å². The molecular formula is C17H18BrClN2O3S2. The molecule has 2 aliphatic heterocycles. The number of thioether (sulfide) groups is 1. The molecule has 2 heterocycles. The molecule has 0 unspecified atom stereocenters. The number of hydrogen-bond donors (Lipinski definition) is 0. The van der Waals surface area contributed by atoms with Crippen LogP contribution < -0.4 is 4.90 Å². The van der Waals surface area contributed by atoms with Gasteiger partial charge in [0.05, 0.1) is 22.9 Å². The minimum absolute atomic E-state index is 0.0799. The number of benzene rings is 1. The Morgan fingerprint density at radius 3 is 2.58 bits per heavy atom. The van der Waals surface area contributed by atoms with Crippen molar-refractivity contribution in [1.29, 1.82) is 0 Å². The van der Waals surface area contributed by atoms with E-state index in [0.717, 1.165) is 4.47 Å². The van der Waals surface area contributed by atoms with Crippen LogP contribution in [0.2, 0.25) is 5.02 Å². The van der Waals surface area contributed by atoms with Crippen LogP contribution in [0.1, 0.15) is 20.3 Å². The van der Waals surface area contributed by atoms with Gasteiger partial charge in [0.25, 0.3) is 0 Å². The lowest BCUT2D eigenvalue weighted by Gasteiger charge is -2.36. The van der Waals surface area contributed by atoms with Crippen LogP contribution >= 0.6 is 51.5 Å². The maximum Gasteiger partial charge on any atom is 0.247 e. The monoisotopic (exact) mass is 476 g/mol. The highest BCUT2D eigenvalue weighted by molar-refractivity contribution is 9.10. The summed E-state index contributed by atoms with van der Waals surface area (Å²) in [7, 11) is 0. The first-order valence-electron chi connectivity index (χ1n) is 8.19. The van der Waals surface area contributed by atoms with Gasteiger partial charge in [-0.2, -0.15) is 0 Å². The van der Waals surface area contributed by atoms with E-state index in [1.807, 2.05) is 18.7 Å². The minimum Gasteiger partial charge on any atom is -0.372 e. The summed E-state index contributed by atoms with van der Waals surface area (Å²) >= 11 is 16.3. The first-order chi connectivity index (χ1) is 12.3. The molecule has 2 saturated heterocycles. The number of imide groups is 1. The Bertz CT molecular complexity index is 754. The minimum atomic E-state index is -0.525. The molecule has 0 radical (unpaired) electrons. The van der Waals surface area contributed by atoms with E-state index in [2.05, 4.69) is 15.9 Å². The van der Waals surface area contributed by atoms with E-state index in [1.165, 1.54) is 16.7 Å². The van der Waals surface area contributed by atoms with Crippen LogP contribution in [0.25, 0.3) is 0 Å². The quantitative estimate of drug-likeness (QED) is 0.476. The fourth-order valence-corrected chi connectivity index (χ4v) is 5.36. The number of nitrogens with zero attached hydrogens (tertiary/aromatic N) is 2. The molecule has 0 bridgehead atoms. The van der Waals surface area contributed by atoms with Gasteiger partial charge in [-0.1, -0.05) is 51.5 Å². The molecule has 26 heavy (non-hydrogen) atoms. The molecule has 1 aromatic rings. The zero-order valence-electron chi connectivity index (χ0n) is 14.3. The lowest BCUT2D eigenvalue weighted by Crippen LogP contribution is -2.47. The Kier molecular flexibility index (Phi) is 6.29. The summed E-state index contributed by atoms with van der Waals surface area (Å²) in [6.45, 7) is 5.37. The van der Waals surface area contributed by atoms with Gasteiger partial charge < -0.3 is 9.64 Å². The van der Waals surface area contributed by atoms with Crippen molar-refractivity contribution in [2.45, 2.75) is 37.7 Å². The number of thiocarbonyl (C=S) groups is 1. The number of anilines is 1. The summed E-state index contributed by atoms with van der Waals surface area (Å²) in [6.07, 6.45) is 0.276. The highest BCUT2D eigenvalue weighted by Gasteiger charge is 2.42. The van der Waals surface area contributed by atoms with Gasteiger partial charge in [0.2, 0.25) is 11.8 Å². The van der Waals surface area contributed by atoms with Gasteiger partial charge in [-0.3, -0.25) is 9.59 Å². The first-order valence-corrected chi connectivity index (χ1v) is 10.6. The summed E-state index contributed by atoms with van der Waals surface area (Å²) < 4.78 is 7.13. The number of hydrogen-bond acceptors (Lipinski definition) is 5. The van der Waals surface area contributed by atoms with E-state index < -0.39 is 5.25 Å². The Hall–Kier alpha value is -0.670. The second-order valence-electron chi connectivity index (χ2n) is 6.40. The van der Waals surface area contributed by atoms with E-state index in [1.54, 1.807) is 18.2 Å². The van der Waals surface area contributed by atoms with Gasteiger partial charge in [-0.05, 0) is 32.0 Å². The van der Waals surface area contributed by atoms with Crippen molar-refractivity contribution in [3.05, 3.63) is 27.7 Å². The Labute approximate surface area is 175 Å². The average Bonchev–Trinajstić information content (AvgIpc) is 2.81. The summed E-state index contributed by atoms with van der Waals surface area (Å²) in [6, 6.07) is 5.08. The Morgan fingerprint density at radius 1 is 1.31 bits per heavy atom. The van der Waals surface area contributed by atoms with Crippen LogP contribution in [0.3, 0.4) is 0 Å². The van der Waals surface area contributed by atoms with Crippen molar-refractivity contribution in [3.8, 4) is 0 Å². The van der Waals surface area contributed by atoms with Crippen LogP contribution in [-0.4, -0.2) is 51.6 Å². The molecule has 0 saturated carbocycles. The molecule has 0 N–H and O–H groups in total. The number of carbonyl (C=O) groups is 2. The van der Waals surface area contributed by atoms with E-state index in [9.17, 15) is 9.59 Å². The van der Waals surface area contributed by atoms with Gasteiger partial charge >= 0.3 is 0 Å². The van der Waals surface area contributed by atoms with Crippen molar-refractivity contribution in [2.75, 3.05) is 18.0 Å². The molecule has 2 fully saturated rings. The van der Waals surface area contributed by atoms with Crippen LogP contribution in [0.4, 0.5) is 5.69 Å². The fraction of sp³-hybridized carbons (Fsp3) is 0.471. The SMILES string of the molecule is C[C@@H]1CN(C(=S)S[C@@H]2CC(=O)N(c3ccc(Br)cc3Cl)C2=O)C[C@H](C)O1. The number of amides is 2. The molecule has 9 heteroatoms. The number of morpholine rings is 1. The van der Waals surface area contributed by atoms with Gasteiger partial charge in [0.1, 0.15) is 9.57 Å². The van der Waals surface area contributed by atoms with Gasteiger partial charge in [-0.15, -0.1) is 0 Å². The normalized spacial score (nSPS) is 26.5. The van der Waals surface area contributed by atoms with Crippen molar-refractivity contribution in [3.63, 3.8) is 0 Å². The summed E-state index contributed by atoms with van der Waals surface area (Å²) in [4.78, 5) is 28.5. The van der Waals surface area contributed by atoms with Gasteiger partial charge in [0.15, 0.2) is 0 Å². The Balaban J connectivity index is 1.71. The highest BCUT2D eigenvalue weighted by atomic mass is 79.9. The number of halogens is 2. The van der Waals surface area contributed by atoms with Crippen molar-refractivity contribution >= 4 is 73.3 Å². The topological polar surface area (TPSA) is 49.9 Å². The zero-order valence-corrected chi connectivity index (χ0v) is 18.3. The van der Waals surface area contributed by atoms with E-state index in [0.29, 0.717) is 28.1 Å². The third-order valence-corrected chi connectivity index (χ3v) is 6.63. The van der Waals surface area contributed by atoms with Gasteiger partial charge in [-0.25, -0.2) is 4.90 Å². The molecule has 3 atom stereocenters.